The molecule has 0 fully saturated rings. The van der Waals surface area contributed by atoms with Gasteiger partial charge in [-0.2, -0.15) is 5.10 Å². The highest BCUT2D eigenvalue weighted by Gasteiger charge is 2.15. The molecular formula is C20H20ClN3O3. The first-order valence-electron chi connectivity index (χ1n) is 8.49. The lowest BCUT2D eigenvalue weighted by Gasteiger charge is -2.13. The van der Waals surface area contributed by atoms with Crippen molar-refractivity contribution in [1.82, 2.24) is 15.5 Å². The van der Waals surface area contributed by atoms with Crippen molar-refractivity contribution in [2.75, 3.05) is 13.7 Å². The molecule has 1 aromatic heterocycles. The van der Waals surface area contributed by atoms with Crippen LogP contribution in [0.15, 0.2) is 48.7 Å². The number of hydrogen-bond acceptors (Lipinski definition) is 4. The number of benzene rings is 2. The van der Waals surface area contributed by atoms with Crippen LogP contribution in [-0.2, 0) is 6.54 Å². The lowest BCUT2D eigenvalue weighted by molar-refractivity contribution is 0.0950. The van der Waals surface area contributed by atoms with Crippen LogP contribution in [0, 0.1) is 0 Å². The summed E-state index contributed by atoms with van der Waals surface area (Å²) in [7, 11) is 1.51. The minimum Gasteiger partial charge on any atom is -0.493 e. The summed E-state index contributed by atoms with van der Waals surface area (Å²) in [5.41, 5.74) is 3.37. The number of methoxy groups -OCH3 is 1. The number of H-pyrrole nitrogens is 1. The van der Waals surface area contributed by atoms with Crippen molar-refractivity contribution in [3.8, 4) is 22.8 Å². The zero-order valence-electron chi connectivity index (χ0n) is 15.1. The molecule has 0 aliphatic carbocycles. The van der Waals surface area contributed by atoms with E-state index in [1.54, 1.807) is 18.3 Å². The molecule has 0 radical (unpaired) electrons. The van der Waals surface area contributed by atoms with Crippen LogP contribution in [0.4, 0.5) is 0 Å². The fraction of sp³-hybridized carbons (Fsp3) is 0.200. The van der Waals surface area contributed by atoms with E-state index in [0.717, 1.165) is 16.8 Å². The summed E-state index contributed by atoms with van der Waals surface area (Å²) < 4.78 is 10.8. The van der Waals surface area contributed by atoms with Gasteiger partial charge in [-0.3, -0.25) is 9.89 Å². The zero-order chi connectivity index (χ0) is 19.2. The molecule has 2 aromatic carbocycles. The van der Waals surface area contributed by atoms with Crippen molar-refractivity contribution in [2.45, 2.75) is 13.5 Å². The number of amides is 1. The maximum Gasteiger partial charge on any atom is 0.251 e. The maximum atomic E-state index is 12.5. The first kappa shape index (κ1) is 18.8. The molecule has 27 heavy (non-hydrogen) atoms. The Bertz CT molecular complexity index is 909. The van der Waals surface area contributed by atoms with Crippen LogP contribution in [0.5, 0.6) is 11.5 Å². The first-order chi connectivity index (χ1) is 13.1. The van der Waals surface area contributed by atoms with Gasteiger partial charge in [-0.25, -0.2) is 0 Å². The molecule has 1 amide bonds. The summed E-state index contributed by atoms with van der Waals surface area (Å²) in [6.45, 7) is 2.71. The average molecular weight is 386 g/mol. The highest BCUT2D eigenvalue weighted by Crippen LogP contribution is 2.36. The number of carbonyl (C=O) groups excluding carboxylic acids is 1. The summed E-state index contributed by atoms with van der Waals surface area (Å²) in [4.78, 5) is 12.5. The minimum absolute atomic E-state index is 0.240. The van der Waals surface area contributed by atoms with E-state index in [9.17, 15) is 4.79 Å². The second-order valence-corrected chi connectivity index (χ2v) is 6.18. The molecule has 0 unspecified atom stereocenters. The normalized spacial score (nSPS) is 10.5. The third-order valence-electron chi connectivity index (χ3n) is 4.00. The quantitative estimate of drug-likeness (QED) is 0.642. The SMILES string of the molecule is CCOc1c(Cl)cc(C(=O)NCc2ccc(-c3ccn[nH]3)cc2)cc1OC. The van der Waals surface area contributed by atoms with Crippen molar-refractivity contribution >= 4 is 17.5 Å². The molecule has 0 spiro atoms. The molecule has 0 saturated heterocycles. The van der Waals surface area contributed by atoms with Crippen LogP contribution >= 0.6 is 11.6 Å². The van der Waals surface area contributed by atoms with Crippen LogP contribution < -0.4 is 14.8 Å². The molecule has 1 heterocycles. The van der Waals surface area contributed by atoms with Gasteiger partial charge in [-0.15, -0.1) is 0 Å². The topological polar surface area (TPSA) is 76.2 Å². The summed E-state index contributed by atoms with van der Waals surface area (Å²) in [5, 5.41) is 10.1. The van der Waals surface area contributed by atoms with E-state index < -0.39 is 0 Å². The van der Waals surface area contributed by atoms with Crippen LogP contribution in [-0.4, -0.2) is 29.8 Å². The largest absolute Gasteiger partial charge is 0.493 e. The molecule has 0 aliphatic heterocycles. The van der Waals surface area contributed by atoms with Crippen molar-refractivity contribution in [3.05, 3.63) is 64.8 Å². The molecular weight excluding hydrogens is 366 g/mol. The van der Waals surface area contributed by atoms with E-state index in [4.69, 9.17) is 21.1 Å². The van der Waals surface area contributed by atoms with Gasteiger partial charge in [0.05, 0.1) is 24.4 Å². The average Bonchev–Trinajstić information content (AvgIpc) is 3.22. The summed E-state index contributed by atoms with van der Waals surface area (Å²) >= 11 is 6.23. The van der Waals surface area contributed by atoms with Gasteiger partial charge in [0.15, 0.2) is 11.5 Å². The summed E-state index contributed by atoms with van der Waals surface area (Å²) in [6.07, 6.45) is 1.71. The number of aromatic amines is 1. The Morgan fingerprint density at radius 3 is 2.63 bits per heavy atom. The Hall–Kier alpha value is -2.99. The first-order valence-corrected chi connectivity index (χ1v) is 8.87. The Kier molecular flexibility index (Phi) is 5.98. The predicted molar refractivity (Wildman–Crippen MR) is 104 cm³/mol. The number of nitrogens with zero attached hydrogens (tertiary/aromatic N) is 1. The van der Waals surface area contributed by atoms with Crippen LogP contribution in [0.25, 0.3) is 11.3 Å². The van der Waals surface area contributed by atoms with Gasteiger partial charge < -0.3 is 14.8 Å². The molecule has 0 bridgehead atoms. The standard InChI is InChI=1S/C20H20ClN3O3/c1-3-27-19-16(21)10-15(11-18(19)26-2)20(25)22-12-13-4-6-14(7-5-13)17-8-9-23-24-17/h4-11H,3,12H2,1-2H3,(H,22,25)(H,23,24). The predicted octanol–water partition coefficient (Wildman–Crippen LogP) is 4.07. The molecule has 140 valence electrons. The van der Waals surface area contributed by atoms with Gasteiger partial charge >= 0.3 is 0 Å². The van der Waals surface area contributed by atoms with Gasteiger partial charge in [-0.1, -0.05) is 35.9 Å². The Balaban J connectivity index is 1.68. The molecule has 3 rings (SSSR count). The second-order valence-electron chi connectivity index (χ2n) is 5.77. The molecule has 0 aliphatic rings. The smallest absolute Gasteiger partial charge is 0.251 e. The molecule has 0 saturated carbocycles. The van der Waals surface area contributed by atoms with E-state index in [1.165, 1.54) is 7.11 Å². The molecule has 2 N–H and O–H groups in total. The highest BCUT2D eigenvalue weighted by atomic mass is 35.5. The van der Waals surface area contributed by atoms with Gasteiger partial charge in [0, 0.05) is 18.3 Å². The number of halogens is 1. The monoisotopic (exact) mass is 385 g/mol. The summed E-state index contributed by atoms with van der Waals surface area (Å²) in [5.74, 6) is 0.627. The van der Waals surface area contributed by atoms with E-state index in [-0.39, 0.29) is 5.91 Å². The minimum atomic E-state index is -0.240. The van der Waals surface area contributed by atoms with Crippen LogP contribution in [0.3, 0.4) is 0 Å². The molecule has 7 heteroatoms. The molecule has 0 atom stereocenters. The van der Waals surface area contributed by atoms with E-state index in [0.29, 0.717) is 35.2 Å². The van der Waals surface area contributed by atoms with Gasteiger partial charge in [0.25, 0.3) is 5.91 Å². The number of hydrogen-bond donors (Lipinski definition) is 2. The van der Waals surface area contributed by atoms with Gasteiger partial charge in [-0.05, 0) is 36.2 Å². The number of aromatic nitrogens is 2. The van der Waals surface area contributed by atoms with Crippen LogP contribution in [0.1, 0.15) is 22.8 Å². The zero-order valence-corrected chi connectivity index (χ0v) is 15.8. The van der Waals surface area contributed by atoms with Crippen molar-refractivity contribution in [3.63, 3.8) is 0 Å². The number of carbonyl (C=O) groups is 1. The second kappa shape index (κ2) is 8.60. The third kappa shape index (κ3) is 4.41. The van der Waals surface area contributed by atoms with Crippen molar-refractivity contribution in [2.24, 2.45) is 0 Å². The fourth-order valence-corrected chi connectivity index (χ4v) is 2.90. The van der Waals surface area contributed by atoms with E-state index in [1.807, 2.05) is 37.3 Å². The Labute approximate surface area is 162 Å². The van der Waals surface area contributed by atoms with Crippen molar-refractivity contribution < 1.29 is 14.3 Å². The van der Waals surface area contributed by atoms with E-state index >= 15 is 0 Å². The van der Waals surface area contributed by atoms with Crippen LogP contribution in [0.2, 0.25) is 5.02 Å². The maximum absolute atomic E-state index is 12.5. The fourth-order valence-electron chi connectivity index (χ4n) is 2.64. The lowest BCUT2D eigenvalue weighted by Crippen LogP contribution is -2.22. The molecule has 3 aromatic rings. The third-order valence-corrected chi connectivity index (χ3v) is 4.28. The lowest BCUT2D eigenvalue weighted by atomic mass is 10.1. The number of ether oxygens (including phenoxy) is 2. The Morgan fingerprint density at radius 1 is 1.22 bits per heavy atom. The van der Waals surface area contributed by atoms with Crippen molar-refractivity contribution in [1.29, 1.82) is 0 Å². The van der Waals surface area contributed by atoms with E-state index in [2.05, 4.69) is 15.5 Å². The van der Waals surface area contributed by atoms with Gasteiger partial charge in [0.1, 0.15) is 0 Å². The molecule has 6 nitrogen and oxygen atoms in total. The number of nitrogens with one attached hydrogen (secondary N) is 2. The Morgan fingerprint density at radius 2 is 2.00 bits per heavy atom. The summed E-state index contributed by atoms with van der Waals surface area (Å²) in [6, 6.07) is 13.0. The highest BCUT2D eigenvalue weighted by molar-refractivity contribution is 6.32. The van der Waals surface area contributed by atoms with Gasteiger partial charge in [0.2, 0.25) is 0 Å². The number of rotatable bonds is 7.